The van der Waals surface area contributed by atoms with Gasteiger partial charge in [0.05, 0.1) is 0 Å². The van der Waals surface area contributed by atoms with Crippen molar-refractivity contribution in [2.75, 3.05) is 0 Å². The van der Waals surface area contributed by atoms with Crippen molar-refractivity contribution in [2.45, 2.75) is 59.3 Å². The van der Waals surface area contributed by atoms with E-state index in [1.807, 2.05) is 6.08 Å². The van der Waals surface area contributed by atoms with E-state index < -0.39 is 0 Å². The Balaban J connectivity index is 1.79. The number of fused-ring (bicyclic) bond motifs is 5. The van der Waals surface area contributed by atoms with Crippen molar-refractivity contribution in [3.63, 3.8) is 0 Å². The minimum Gasteiger partial charge on any atom is -0.300 e. The van der Waals surface area contributed by atoms with Crippen molar-refractivity contribution in [2.24, 2.45) is 34.5 Å². The summed E-state index contributed by atoms with van der Waals surface area (Å²) in [6, 6.07) is 0. The van der Waals surface area contributed by atoms with Crippen molar-refractivity contribution in [3.8, 4) is 0 Å². The van der Waals surface area contributed by atoms with E-state index in [1.165, 1.54) is 0 Å². The zero-order valence-electron chi connectivity index (χ0n) is 15.9. The molecule has 0 aromatic carbocycles. The van der Waals surface area contributed by atoms with Crippen molar-refractivity contribution in [1.82, 2.24) is 0 Å². The molecule has 134 valence electrons. The average molecular weight is 338 g/mol. The summed E-state index contributed by atoms with van der Waals surface area (Å²) < 4.78 is 0. The fourth-order valence-corrected chi connectivity index (χ4v) is 7.11. The zero-order valence-corrected chi connectivity index (χ0v) is 15.9. The molecule has 0 heterocycles. The van der Waals surface area contributed by atoms with Gasteiger partial charge in [0, 0.05) is 12.3 Å². The van der Waals surface area contributed by atoms with Gasteiger partial charge in [-0.05, 0) is 90.4 Å². The van der Waals surface area contributed by atoms with Gasteiger partial charge < -0.3 is 0 Å². The topological polar surface area (TPSA) is 34.1 Å². The summed E-state index contributed by atoms with van der Waals surface area (Å²) in [5, 5.41) is 0. The average Bonchev–Trinajstić information content (AvgIpc) is 2.91. The highest BCUT2D eigenvalue weighted by Gasteiger charge is 2.61. The molecular weight excluding hydrogens is 308 g/mol. The number of ketones is 2. The van der Waals surface area contributed by atoms with Crippen molar-refractivity contribution < 1.29 is 9.59 Å². The van der Waals surface area contributed by atoms with E-state index in [2.05, 4.69) is 27.0 Å². The summed E-state index contributed by atoms with van der Waals surface area (Å²) in [6.07, 6.45) is 7.86. The van der Waals surface area contributed by atoms with Crippen LogP contribution in [0, 0.1) is 34.5 Å². The van der Waals surface area contributed by atoms with Crippen molar-refractivity contribution >= 4 is 11.6 Å². The van der Waals surface area contributed by atoms with Gasteiger partial charge in [-0.15, -0.1) is 0 Å². The van der Waals surface area contributed by atoms with Gasteiger partial charge in [-0.2, -0.15) is 0 Å². The van der Waals surface area contributed by atoms with E-state index in [0.717, 1.165) is 48.8 Å². The van der Waals surface area contributed by atoms with Gasteiger partial charge in [0.1, 0.15) is 5.78 Å². The van der Waals surface area contributed by atoms with Crippen LogP contribution in [0.2, 0.25) is 0 Å². The molecule has 2 nitrogen and oxygen atoms in total. The first-order valence-corrected chi connectivity index (χ1v) is 9.84. The fourth-order valence-electron chi connectivity index (χ4n) is 7.11. The first-order chi connectivity index (χ1) is 11.7. The Morgan fingerprint density at radius 2 is 1.84 bits per heavy atom. The van der Waals surface area contributed by atoms with E-state index in [0.29, 0.717) is 30.0 Å². The van der Waals surface area contributed by atoms with Gasteiger partial charge in [-0.3, -0.25) is 9.59 Å². The summed E-state index contributed by atoms with van der Waals surface area (Å²) in [6.45, 7) is 15.3. The predicted molar refractivity (Wildman–Crippen MR) is 99.9 cm³/mol. The first kappa shape index (κ1) is 17.0. The van der Waals surface area contributed by atoms with E-state index in [9.17, 15) is 9.59 Å². The summed E-state index contributed by atoms with van der Waals surface area (Å²) in [5.41, 5.74) is 3.46. The molecule has 4 aliphatic carbocycles. The fraction of sp³-hybridized carbons (Fsp3) is 0.652. The second-order valence-electron chi connectivity index (χ2n) is 9.47. The normalized spacial score (nSPS) is 46.2. The maximum Gasteiger partial charge on any atom is 0.156 e. The Kier molecular flexibility index (Phi) is 3.59. The third kappa shape index (κ3) is 2.09. The lowest BCUT2D eigenvalue weighted by Gasteiger charge is -2.59. The molecule has 0 aromatic heterocycles. The van der Waals surface area contributed by atoms with E-state index in [1.54, 1.807) is 6.92 Å². The summed E-state index contributed by atoms with van der Waals surface area (Å²) in [5.74, 6) is 2.29. The van der Waals surface area contributed by atoms with Gasteiger partial charge >= 0.3 is 0 Å². The third-order valence-corrected chi connectivity index (χ3v) is 8.51. The van der Waals surface area contributed by atoms with Crippen molar-refractivity contribution in [1.29, 1.82) is 0 Å². The monoisotopic (exact) mass is 338 g/mol. The number of hydrogen-bond acceptors (Lipinski definition) is 2. The van der Waals surface area contributed by atoms with Gasteiger partial charge in [-0.1, -0.05) is 27.0 Å². The lowest BCUT2D eigenvalue weighted by molar-refractivity contribution is -0.127. The molecule has 0 amide bonds. The van der Waals surface area contributed by atoms with Gasteiger partial charge in [0.15, 0.2) is 5.78 Å². The number of Topliss-reactive ketones (excluding diaryl/α,β-unsaturated/α-hetero) is 1. The molecule has 0 unspecified atom stereocenters. The Labute approximate surface area is 151 Å². The number of carbonyl (C=O) groups is 2. The molecule has 3 fully saturated rings. The Bertz CT molecular complexity index is 726. The molecule has 6 atom stereocenters. The molecule has 0 aromatic rings. The van der Waals surface area contributed by atoms with Gasteiger partial charge in [-0.25, -0.2) is 0 Å². The van der Waals surface area contributed by atoms with Crippen LogP contribution in [-0.4, -0.2) is 11.6 Å². The van der Waals surface area contributed by atoms with Crippen LogP contribution >= 0.6 is 0 Å². The molecular formula is C23H30O2. The van der Waals surface area contributed by atoms with Crippen LogP contribution < -0.4 is 0 Å². The highest BCUT2D eigenvalue weighted by molar-refractivity contribution is 5.93. The maximum absolute atomic E-state index is 12.3. The molecule has 2 heteroatoms. The number of carbonyl (C=O) groups excluding carboxylic acids is 2. The first-order valence-electron chi connectivity index (χ1n) is 9.84. The molecule has 25 heavy (non-hydrogen) atoms. The molecule has 0 aliphatic heterocycles. The van der Waals surface area contributed by atoms with Crippen LogP contribution in [-0.2, 0) is 9.59 Å². The standard InChI is InChI=1S/C23H30O2/c1-13-14(2)21-18-7-6-17(15(3)24)22(18,4)11-9-19(21)23(5)10-8-16(25)12-20(13)23/h12,17-19,21H,1-2,6-11H2,3-5H3/t17-,18+,19+,21+,22-,23-/m1/s1. The lowest BCUT2D eigenvalue weighted by atomic mass is 9.45. The van der Waals surface area contributed by atoms with Crippen LogP contribution in [0.5, 0.6) is 0 Å². The van der Waals surface area contributed by atoms with Crippen LogP contribution in [0.1, 0.15) is 59.3 Å². The van der Waals surface area contributed by atoms with E-state index in [4.69, 9.17) is 0 Å². The van der Waals surface area contributed by atoms with Crippen LogP contribution in [0.3, 0.4) is 0 Å². The maximum atomic E-state index is 12.3. The molecule has 4 aliphatic rings. The zero-order chi connectivity index (χ0) is 18.1. The predicted octanol–water partition coefficient (Wildman–Crippen LogP) is 5.06. The van der Waals surface area contributed by atoms with Crippen LogP contribution in [0.15, 0.2) is 36.0 Å². The second kappa shape index (κ2) is 5.28. The lowest BCUT2D eigenvalue weighted by Crippen LogP contribution is -2.52. The van der Waals surface area contributed by atoms with Gasteiger partial charge in [0.25, 0.3) is 0 Å². The molecule has 3 saturated carbocycles. The SMILES string of the molecule is C=C1C(=C)[C@H]2[C@@H]3CC[C@H](C(C)=O)[C@@]3(C)CC[C@@H]2[C@@]2(C)CCC(=O)C=C12. The van der Waals surface area contributed by atoms with Gasteiger partial charge in [0.2, 0.25) is 0 Å². The van der Waals surface area contributed by atoms with Crippen LogP contribution in [0.25, 0.3) is 0 Å². The largest absolute Gasteiger partial charge is 0.300 e. The minimum atomic E-state index is 0.0481. The van der Waals surface area contributed by atoms with Crippen molar-refractivity contribution in [3.05, 3.63) is 36.0 Å². The summed E-state index contributed by atoms with van der Waals surface area (Å²) >= 11 is 0. The number of rotatable bonds is 1. The molecule has 0 spiro atoms. The molecule has 0 saturated heterocycles. The Hall–Kier alpha value is -1.44. The van der Waals surface area contributed by atoms with Crippen LogP contribution in [0.4, 0.5) is 0 Å². The van der Waals surface area contributed by atoms with E-state index >= 15 is 0 Å². The quantitative estimate of drug-likeness (QED) is 0.670. The number of hydrogen-bond donors (Lipinski definition) is 0. The molecule has 0 bridgehead atoms. The minimum absolute atomic E-state index is 0.0481. The molecule has 0 N–H and O–H groups in total. The summed E-state index contributed by atoms with van der Waals surface area (Å²) in [7, 11) is 0. The third-order valence-electron chi connectivity index (χ3n) is 8.51. The second-order valence-corrected chi connectivity index (χ2v) is 9.47. The Morgan fingerprint density at radius 1 is 1.12 bits per heavy atom. The smallest absolute Gasteiger partial charge is 0.156 e. The highest BCUT2D eigenvalue weighted by atomic mass is 16.1. The summed E-state index contributed by atoms with van der Waals surface area (Å²) in [4.78, 5) is 24.3. The highest BCUT2D eigenvalue weighted by Crippen LogP contribution is 2.68. The number of allylic oxidation sites excluding steroid dienone is 3. The Morgan fingerprint density at radius 3 is 2.52 bits per heavy atom. The molecule has 0 radical (unpaired) electrons. The van der Waals surface area contributed by atoms with E-state index in [-0.39, 0.29) is 22.5 Å². The molecule has 4 rings (SSSR count).